The van der Waals surface area contributed by atoms with Gasteiger partial charge in [-0.1, -0.05) is 48.5 Å². The molecular weight excluding hydrogens is 294 g/mol. The van der Waals surface area contributed by atoms with Crippen LogP contribution in [0.25, 0.3) is 10.9 Å². The topological polar surface area (TPSA) is 15.8 Å². The van der Waals surface area contributed by atoms with Crippen molar-refractivity contribution in [1.29, 1.82) is 0 Å². The van der Waals surface area contributed by atoms with Crippen molar-refractivity contribution in [2.45, 2.75) is 10.5 Å². The first-order valence-electron chi connectivity index (χ1n) is 7.30. The summed E-state index contributed by atoms with van der Waals surface area (Å²) in [6, 6.07) is 19.6. The van der Waals surface area contributed by atoms with E-state index < -0.39 is 0 Å². The third-order valence-corrected chi connectivity index (χ3v) is 7.41. The highest BCUT2D eigenvalue weighted by molar-refractivity contribution is 8.18. The van der Waals surface area contributed by atoms with Gasteiger partial charge in [-0.3, -0.25) is 0 Å². The molecule has 0 saturated carbocycles. The summed E-state index contributed by atoms with van der Waals surface area (Å²) in [5, 5.41) is 1.35. The maximum Gasteiger partial charge on any atom is 0.113 e. The Morgan fingerprint density at radius 1 is 0.857 bits per heavy atom. The third kappa shape index (κ3) is 2.19. The van der Waals surface area contributed by atoms with Gasteiger partial charge in [0.05, 0.1) is 0 Å². The van der Waals surface area contributed by atoms with E-state index >= 15 is 0 Å². The molecule has 3 heteroatoms. The summed E-state index contributed by atoms with van der Waals surface area (Å²) in [5.41, 5.74) is 4.05. The van der Waals surface area contributed by atoms with Crippen LogP contribution in [0.3, 0.4) is 0 Å². The van der Waals surface area contributed by atoms with Gasteiger partial charge < -0.3 is 4.98 Å². The molecule has 0 atom stereocenters. The minimum Gasteiger partial charge on any atom is -0.361 e. The minimum atomic E-state index is 0.0269. The second-order valence-corrected chi connectivity index (χ2v) is 8.16. The first kappa shape index (κ1) is 13.4. The summed E-state index contributed by atoms with van der Waals surface area (Å²) in [7, 11) is 0. The Kier molecular flexibility index (Phi) is 3.48. The fourth-order valence-electron chi connectivity index (χ4n) is 3.01. The normalized spacial score (nSPS) is 17.9. The molecule has 3 aromatic rings. The quantitative estimate of drug-likeness (QED) is 0.696. The first-order chi connectivity index (χ1) is 10.4. The summed E-state index contributed by atoms with van der Waals surface area (Å²) >= 11 is 4.16. The number of aromatic nitrogens is 1. The molecule has 0 aliphatic carbocycles. The Labute approximate surface area is 133 Å². The molecule has 0 spiro atoms. The van der Waals surface area contributed by atoms with Gasteiger partial charge in [-0.2, -0.15) is 0 Å². The van der Waals surface area contributed by atoms with Gasteiger partial charge in [0, 0.05) is 22.7 Å². The van der Waals surface area contributed by atoms with Gasteiger partial charge in [0.15, 0.2) is 0 Å². The number of benzene rings is 2. The Hall–Kier alpha value is -1.32. The van der Waals surface area contributed by atoms with Crippen LogP contribution in [-0.4, -0.2) is 16.5 Å². The van der Waals surface area contributed by atoms with Gasteiger partial charge in [0.25, 0.3) is 0 Å². The molecule has 4 rings (SSSR count). The molecule has 1 N–H and O–H groups in total. The second kappa shape index (κ2) is 5.47. The lowest BCUT2D eigenvalue weighted by Gasteiger charge is -2.36. The molecule has 21 heavy (non-hydrogen) atoms. The van der Waals surface area contributed by atoms with E-state index in [4.69, 9.17) is 0 Å². The standard InChI is InChI=1S/C18H17NS2/c1-2-7-14(8-3-1)18(20-11-6-12-21-18)16-13-19-17-10-5-4-9-15(16)17/h1-5,7-10,13,19H,6,11-12H2. The van der Waals surface area contributed by atoms with Crippen LogP contribution in [0.2, 0.25) is 0 Å². The molecule has 1 saturated heterocycles. The lowest BCUT2D eigenvalue weighted by molar-refractivity contribution is 1.01. The highest BCUT2D eigenvalue weighted by Crippen LogP contribution is 2.56. The predicted molar refractivity (Wildman–Crippen MR) is 95.1 cm³/mol. The zero-order chi connectivity index (χ0) is 14.1. The predicted octanol–water partition coefficient (Wildman–Crippen LogP) is 5.24. The Balaban J connectivity index is 1.94. The highest BCUT2D eigenvalue weighted by Gasteiger charge is 2.39. The molecule has 2 aromatic carbocycles. The van der Waals surface area contributed by atoms with E-state index in [2.05, 4.69) is 89.3 Å². The summed E-state index contributed by atoms with van der Waals surface area (Å²) in [6.07, 6.45) is 3.51. The molecule has 1 aromatic heterocycles. The maximum absolute atomic E-state index is 3.45. The molecule has 1 aliphatic heterocycles. The number of rotatable bonds is 2. The average Bonchev–Trinajstić information content (AvgIpc) is 3.01. The zero-order valence-electron chi connectivity index (χ0n) is 11.7. The van der Waals surface area contributed by atoms with E-state index in [1.165, 1.54) is 40.0 Å². The van der Waals surface area contributed by atoms with Crippen molar-refractivity contribution in [2.75, 3.05) is 11.5 Å². The first-order valence-corrected chi connectivity index (χ1v) is 9.27. The summed E-state index contributed by atoms with van der Waals surface area (Å²) in [6.45, 7) is 0. The van der Waals surface area contributed by atoms with E-state index in [-0.39, 0.29) is 4.08 Å². The van der Waals surface area contributed by atoms with Gasteiger partial charge in [-0.05, 0) is 29.6 Å². The van der Waals surface area contributed by atoms with Gasteiger partial charge in [-0.15, -0.1) is 23.5 Å². The maximum atomic E-state index is 3.45. The Bertz CT molecular complexity index is 742. The minimum absolute atomic E-state index is 0.0269. The van der Waals surface area contributed by atoms with Crippen LogP contribution >= 0.6 is 23.5 Å². The molecular formula is C18H17NS2. The van der Waals surface area contributed by atoms with Gasteiger partial charge in [-0.25, -0.2) is 0 Å². The lowest BCUT2D eigenvalue weighted by Crippen LogP contribution is -2.23. The molecule has 0 bridgehead atoms. The smallest absolute Gasteiger partial charge is 0.113 e. The molecule has 1 aliphatic rings. The highest BCUT2D eigenvalue weighted by atomic mass is 32.2. The summed E-state index contributed by atoms with van der Waals surface area (Å²) in [4.78, 5) is 3.45. The van der Waals surface area contributed by atoms with Crippen LogP contribution in [0.5, 0.6) is 0 Å². The second-order valence-electron chi connectivity index (χ2n) is 5.28. The Morgan fingerprint density at radius 3 is 2.38 bits per heavy atom. The van der Waals surface area contributed by atoms with Crippen molar-refractivity contribution >= 4 is 34.4 Å². The van der Waals surface area contributed by atoms with Crippen LogP contribution in [0.1, 0.15) is 17.5 Å². The van der Waals surface area contributed by atoms with E-state index in [0.29, 0.717) is 0 Å². The number of thioether (sulfide) groups is 2. The fraction of sp³-hybridized carbons (Fsp3) is 0.222. The average molecular weight is 311 g/mol. The SMILES string of the molecule is c1ccc(C2(c3c[nH]c4ccccc34)SCCCS2)cc1. The summed E-state index contributed by atoms with van der Waals surface area (Å²) < 4.78 is 0.0269. The molecule has 0 unspecified atom stereocenters. The van der Waals surface area contributed by atoms with E-state index in [0.717, 1.165) is 0 Å². The van der Waals surface area contributed by atoms with Crippen molar-refractivity contribution in [2.24, 2.45) is 0 Å². The van der Waals surface area contributed by atoms with Crippen LogP contribution in [0.15, 0.2) is 60.8 Å². The molecule has 1 nitrogen and oxygen atoms in total. The van der Waals surface area contributed by atoms with Gasteiger partial charge in [0.1, 0.15) is 4.08 Å². The van der Waals surface area contributed by atoms with Crippen LogP contribution in [0, 0.1) is 0 Å². The van der Waals surface area contributed by atoms with Gasteiger partial charge in [0.2, 0.25) is 0 Å². The van der Waals surface area contributed by atoms with Crippen LogP contribution in [0.4, 0.5) is 0 Å². The third-order valence-electron chi connectivity index (χ3n) is 4.00. The molecule has 1 fully saturated rings. The molecule has 0 amide bonds. The zero-order valence-corrected chi connectivity index (χ0v) is 13.3. The number of aromatic amines is 1. The number of hydrogen-bond acceptors (Lipinski definition) is 2. The lowest BCUT2D eigenvalue weighted by atomic mass is 10.0. The van der Waals surface area contributed by atoms with Crippen LogP contribution in [-0.2, 0) is 4.08 Å². The largest absolute Gasteiger partial charge is 0.361 e. The van der Waals surface area contributed by atoms with E-state index in [9.17, 15) is 0 Å². The van der Waals surface area contributed by atoms with Crippen LogP contribution < -0.4 is 0 Å². The van der Waals surface area contributed by atoms with E-state index in [1.54, 1.807) is 0 Å². The fourth-order valence-corrected chi connectivity index (χ4v) is 6.43. The number of H-pyrrole nitrogens is 1. The van der Waals surface area contributed by atoms with E-state index in [1.807, 2.05) is 0 Å². The van der Waals surface area contributed by atoms with Gasteiger partial charge >= 0.3 is 0 Å². The number of hydrogen-bond donors (Lipinski definition) is 1. The Morgan fingerprint density at radius 2 is 1.57 bits per heavy atom. The van der Waals surface area contributed by atoms with Crippen molar-refractivity contribution in [3.05, 3.63) is 71.9 Å². The van der Waals surface area contributed by atoms with Crippen molar-refractivity contribution in [1.82, 2.24) is 4.98 Å². The van der Waals surface area contributed by atoms with Crippen molar-refractivity contribution < 1.29 is 0 Å². The number of para-hydroxylation sites is 1. The van der Waals surface area contributed by atoms with Crippen molar-refractivity contribution in [3.8, 4) is 0 Å². The van der Waals surface area contributed by atoms with Crippen molar-refractivity contribution in [3.63, 3.8) is 0 Å². The number of nitrogens with one attached hydrogen (secondary N) is 1. The summed E-state index contributed by atoms with van der Waals surface area (Å²) in [5.74, 6) is 2.45. The molecule has 106 valence electrons. The monoisotopic (exact) mass is 311 g/mol. The number of fused-ring (bicyclic) bond motifs is 1. The molecule has 0 radical (unpaired) electrons. The molecule has 2 heterocycles.